The van der Waals surface area contributed by atoms with Crippen molar-refractivity contribution < 1.29 is 27.9 Å². The van der Waals surface area contributed by atoms with Gasteiger partial charge >= 0.3 is 12.6 Å². The lowest BCUT2D eigenvalue weighted by molar-refractivity contribution is -0.128. The largest absolute Gasteiger partial charge is 0.434 e. The van der Waals surface area contributed by atoms with Gasteiger partial charge in [-0.3, -0.25) is 14.9 Å². The number of urea groups is 1. The Morgan fingerprint density at radius 3 is 2.67 bits per heavy atom. The molecule has 158 valence electrons. The molecule has 1 aliphatic heterocycles. The molecule has 2 aromatic rings. The number of thiazole rings is 1. The average Bonchev–Trinajstić information content (AvgIpc) is 3.26. The highest BCUT2D eigenvalue weighted by Crippen LogP contribution is 2.36. The molecule has 2 aliphatic rings. The molecular weight excluding hydrogens is 418 g/mol. The number of alkyl halides is 2. The molecule has 1 spiro atoms. The molecule has 0 bridgehead atoms. The minimum Gasteiger partial charge on any atom is -0.434 e. The third-order valence-electron chi connectivity index (χ3n) is 5.34. The first-order chi connectivity index (χ1) is 14.4. The highest BCUT2D eigenvalue weighted by molar-refractivity contribution is 7.14. The SMILES string of the molecule is O=C1NC(=O)C2(CCC(C(=O)Nc3nc(-c4ccccc4OC(F)F)cs3)CC2)N1. The van der Waals surface area contributed by atoms with Gasteiger partial charge in [0.05, 0.1) is 5.69 Å². The van der Waals surface area contributed by atoms with E-state index < -0.39 is 18.2 Å². The zero-order valence-electron chi connectivity index (χ0n) is 15.6. The predicted molar refractivity (Wildman–Crippen MR) is 104 cm³/mol. The molecule has 0 radical (unpaired) electrons. The molecule has 3 N–H and O–H groups in total. The summed E-state index contributed by atoms with van der Waals surface area (Å²) in [5.41, 5.74) is -0.104. The van der Waals surface area contributed by atoms with Gasteiger partial charge in [0.2, 0.25) is 5.91 Å². The number of carbonyl (C=O) groups is 3. The van der Waals surface area contributed by atoms with Gasteiger partial charge in [-0.1, -0.05) is 12.1 Å². The van der Waals surface area contributed by atoms with E-state index in [1.165, 1.54) is 17.4 Å². The van der Waals surface area contributed by atoms with E-state index in [1.54, 1.807) is 23.6 Å². The smallest absolute Gasteiger partial charge is 0.387 e. The van der Waals surface area contributed by atoms with Crippen LogP contribution in [-0.2, 0) is 9.59 Å². The Hall–Kier alpha value is -3.08. The van der Waals surface area contributed by atoms with Crippen LogP contribution in [0, 0.1) is 5.92 Å². The first kappa shape index (κ1) is 20.2. The normalized spacial score (nSPS) is 23.4. The fourth-order valence-corrected chi connectivity index (χ4v) is 4.51. The van der Waals surface area contributed by atoms with E-state index >= 15 is 0 Å². The molecule has 1 aliphatic carbocycles. The number of aromatic nitrogens is 1. The van der Waals surface area contributed by atoms with Crippen molar-refractivity contribution in [2.24, 2.45) is 5.92 Å². The Labute approximate surface area is 174 Å². The molecule has 0 atom stereocenters. The summed E-state index contributed by atoms with van der Waals surface area (Å²) < 4.78 is 29.7. The van der Waals surface area contributed by atoms with Gasteiger partial charge in [0, 0.05) is 16.9 Å². The van der Waals surface area contributed by atoms with Gasteiger partial charge in [-0.15, -0.1) is 11.3 Å². The van der Waals surface area contributed by atoms with Crippen LogP contribution in [0.2, 0.25) is 0 Å². The van der Waals surface area contributed by atoms with Gasteiger partial charge in [-0.2, -0.15) is 8.78 Å². The van der Waals surface area contributed by atoms with Crippen LogP contribution in [-0.4, -0.2) is 35.0 Å². The second-order valence-electron chi connectivity index (χ2n) is 7.17. The molecule has 0 unspecified atom stereocenters. The van der Waals surface area contributed by atoms with E-state index in [9.17, 15) is 23.2 Å². The minimum atomic E-state index is -2.95. The fraction of sp³-hybridized carbons (Fsp3) is 0.368. The Morgan fingerprint density at radius 2 is 2.00 bits per heavy atom. The van der Waals surface area contributed by atoms with E-state index in [0.29, 0.717) is 42.1 Å². The average molecular weight is 436 g/mol. The molecule has 11 heteroatoms. The van der Waals surface area contributed by atoms with Gasteiger partial charge in [0.15, 0.2) is 5.13 Å². The van der Waals surface area contributed by atoms with Crippen LogP contribution in [0.4, 0.5) is 18.7 Å². The third-order valence-corrected chi connectivity index (χ3v) is 6.10. The van der Waals surface area contributed by atoms with Crippen molar-refractivity contribution in [2.75, 3.05) is 5.32 Å². The number of hydrogen-bond acceptors (Lipinski definition) is 6. The summed E-state index contributed by atoms with van der Waals surface area (Å²) in [6.45, 7) is -2.95. The molecule has 2 heterocycles. The van der Waals surface area contributed by atoms with E-state index in [0.717, 1.165) is 0 Å². The molecule has 1 aromatic carbocycles. The van der Waals surface area contributed by atoms with Crippen LogP contribution in [0.3, 0.4) is 0 Å². The summed E-state index contributed by atoms with van der Waals surface area (Å²) in [4.78, 5) is 40.3. The van der Waals surface area contributed by atoms with Crippen LogP contribution >= 0.6 is 11.3 Å². The summed E-state index contributed by atoms with van der Waals surface area (Å²) in [5.74, 6) is -0.888. The molecule has 4 amide bonds. The van der Waals surface area contributed by atoms with Crippen molar-refractivity contribution in [3.8, 4) is 17.0 Å². The maximum absolute atomic E-state index is 12.6. The van der Waals surface area contributed by atoms with Crippen LogP contribution < -0.4 is 20.7 Å². The Balaban J connectivity index is 1.40. The minimum absolute atomic E-state index is 0.00476. The number of benzene rings is 1. The summed E-state index contributed by atoms with van der Waals surface area (Å²) >= 11 is 1.18. The van der Waals surface area contributed by atoms with Gasteiger partial charge in [-0.25, -0.2) is 9.78 Å². The lowest BCUT2D eigenvalue weighted by atomic mass is 9.76. The fourth-order valence-electron chi connectivity index (χ4n) is 3.79. The molecule has 30 heavy (non-hydrogen) atoms. The summed E-state index contributed by atoms with van der Waals surface area (Å²) in [6.07, 6.45) is 1.65. The molecule has 1 aromatic heterocycles. The molecule has 1 saturated carbocycles. The van der Waals surface area contributed by atoms with Gasteiger partial charge in [0.1, 0.15) is 11.3 Å². The third kappa shape index (κ3) is 3.97. The lowest BCUT2D eigenvalue weighted by Crippen LogP contribution is -2.50. The van der Waals surface area contributed by atoms with Crippen molar-refractivity contribution in [3.05, 3.63) is 29.6 Å². The van der Waals surface area contributed by atoms with Crippen LogP contribution in [0.5, 0.6) is 5.75 Å². The number of para-hydroxylation sites is 1. The van der Waals surface area contributed by atoms with Crippen LogP contribution in [0.15, 0.2) is 29.6 Å². The highest BCUT2D eigenvalue weighted by atomic mass is 32.1. The maximum atomic E-state index is 12.6. The first-order valence-electron chi connectivity index (χ1n) is 9.30. The maximum Gasteiger partial charge on any atom is 0.387 e. The lowest BCUT2D eigenvalue weighted by Gasteiger charge is -2.33. The van der Waals surface area contributed by atoms with E-state index in [4.69, 9.17) is 0 Å². The standard InChI is InChI=1S/C19H18F2N4O4S/c20-16(21)29-13-4-2-1-3-11(13)12-9-30-18(22-12)23-14(26)10-5-7-19(8-6-10)15(27)24-17(28)25-19/h1-4,9-10,16H,5-8H2,(H,22,23,26)(H2,24,25,27,28). The predicted octanol–water partition coefficient (Wildman–Crippen LogP) is 3.12. The number of imide groups is 1. The monoisotopic (exact) mass is 436 g/mol. The van der Waals surface area contributed by atoms with Gasteiger partial charge in [-0.05, 0) is 37.8 Å². The molecule has 8 nitrogen and oxygen atoms in total. The number of ether oxygens (including phenoxy) is 1. The Kier molecular flexibility index (Phi) is 5.37. The van der Waals surface area contributed by atoms with Gasteiger partial charge in [0.25, 0.3) is 5.91 Å². The number of rotatable bonds is 5. The number of nitrogens with one attached hydrogen (secondary N) is 3. The van der Waals surface area contributed by atoms with Crippen molar-refractivity contribution in [1.29, 1.82) is 0 Å². The zero-order valence-corrected chi connectivity index (χ0v) is 16.4. The number of hydrogen-bond donors (Lipinski definition) is 3. The number of anilines is 1. The highest BCUT2D eigenvalue weighted by Gasteiger charge is 2.48. The Morgan fingerprint density at radius 1 is 1.27 bits per heavy atom. The first-order valence-corrected chi connectivity index (χ1v) is 10.2. The van der Waals surface area contributed by atoms with E-state index in [1.807, 2.05) is 0 Å². The van der Waals surface area contributed by atoms with Crippen molar-refractivity contribution in [1.82, 2.24) is 15.6 Å². The van der Waals surface area contributed by atoms with E-state index in [-0.39, 0.29) is 23.5 Å². The summed E-state index contributed by atoms with van der Waals surface area (Å²) in [5, 5.41) is 9.65. The number of halogens is 2. The second kappa shape index (κ2) is 7.98. The molecule has 2 fully saturated rings. The van der Waals surface area contributed by atoms with E-state index in [2.05, 4.69) is 25.7 Å². The van der Waals surface area contributed by atoms with Crippen molar-refractivity contribution in [3.63, 3.8) is 0 Å². The van der Waals surface area contributed by atoms with Gasteiger partial charge < -0.3 is 15.4 Å². The van der Waals surface area contributed by atoms with Crippen molar-refractivity contribution >= 4 is 34.3 Å². The zero-order chi connectivity index (χ0) is 21.3. The topological polar surface area (TPSA) is 109 Å². The summed E-state index contributed by atoms with van der Waals surface area (Å²) in [6, 6.07) is 5.80. The quantitative estimate of drug-likeness (QED) is 0.624. The Bertz CT molecular complexity index is 988. The molecule has 1 saturated heterocycles. The number of nitrogens with zero attached hydrogens (tertiary/aromatic N) is 1. The van der Waals surface area contributed by atoms with Crippen LogP contribution in [0.25, 0.3) is 11.3 Å². The molecular formula is C19H18F2N4O4S. The van der Waals surface area contributed by atoms with Crippen LogP contribution in [0.1, 0.15) is 25.7 Å². The van der Waals surface area contributed by atoms with Crippen molar-refractivity contribution in [2.45, 2.75) is 37.8 Å². The number of amides is 4. The number of carbonyl (C=O) groups excluding carboxylic acids is 3. The molecule has 4 rings (SSSR count). The summed E-state index contributed by atoms with van der Waals surface area (Å²) in [7, 11) is 0. The second-order valence-corrected chi connectivity index (χ2v) is 8.02.